The molecule has 3 aromatic rings. The molecule has 0 amide bonds. The minimum atomic E-state index is -4.42. The number of nitro groups is 1. The van der Waals surface area contributed by atoms with Crippen LogP contribution in [-0.2, 0) is 6.18 Å². The van der Waals surface area contributed by atoms with E-state index in [1.807, 2.05) is 0 Å². The van der Waals surface area contributed by atoms with Crippen molar-refractivity contribution in [1.82, 2.24) is 4.98 Å². The van der Waals surface area contributed by atoms with Gasteiger partial charge >= 0.3 is 6.18 Å². The smallest absolute Gasteiger partial charge is 0.258 e. The van der Waals surface area contributed by atoms with Gasteiger partial charge in [0.25, 0.3) is 5.69 Å². The van der Waals surface area contributed by atoms with Crippen molar-refractivity contribution in [2.24, 2.45) is 0 Å². The molecule has 0 radical (unpaired) electrons. The molecule has 0 aliphatic rings. The van der Waals surface area contributed by atoms with E-state index in [0.29, 0.717) is 21.3 Å². The monoisotopic (exact) mass is 324 g/mol. The van der Waals surface area contributed by atoms with Crippen molar-refractivity contribution in [3.63, 3.8) is 0 Å². The maximum Gasteiger partial charge on any atom is 0.416 e. The molecule has 0 aliphatic heterocycles. The predicted molar refractivity (Wildman–Crippen MR) is 76.7 cm³/mol. The van der Waals surface area contributed by atoms with Crippen molar-refractivity contribution in [2.45, 2.75) is 6.18 Å². The number of thiazole rings is 1. The summed E-state index contributed by atoms with van der Waals surface area (Å²) in [5.41, 5.74) is 2.09. The Morgan fingerprint density at radius 3 is 2.41 bits per heavy atom. The van der Waals surface area contributed by atoms with Crippen LogP contribution in [0.5, 0.6) is 0 Å². The average molecular weight is 324 g/mol. The molecule has 22 heavy (non-hydrogen) atoms. The summed E-state index contributed by atoms with van der Waals surface area (Å²) in [6.07, 6.45) is -4.42. The number of alkyl halides is 3. The standard InChI is InChI=1S/C14H7F3N2O2S/c15-14(16,17)9-3-1-8(2-4-9)11-5-10(19(20)21)6-12-13(11)18-7-22-12/h1-7H. The van der Waals surface area contributed by atoms with Crippen LogP contribution in [0.25, 0.3) is 21.3 Å². The van der Waals surface area contributed by atoms with E-state index >= 15 is 0 Å². The number of hydrogen-bond acceptors (Lipinski definition) is 4. The van der Waals surface area contributed by atoms with Crippen LogP contribution in [-0.4, -0.2) is 9.91 Å². The molecule has 0 N–H and O–H groups in total. The molecule has 0 saturated carbocycles. The maximum absolute atomic E-state index is 12.6. The summed E-state index contributed by atoms with van der Waals surface area (Å²) in [4.78, 5) is 14.6. The topological polar surface area (TPSA) is 56.0 Å². The van der Waals surface area contributed by atoms with Gasteiger partial charge in [-0.2, -0.15) is 13.2 Å². The van der Waals surface area contributed by atoms with Crippen molar-refractivity contribution in [3.8, 4) is 11.1 Å². The van der Waals surface area contributed by atoms with E-state index in [1.165, 1.54) is 35.6 Å². The van der Waals surface area contributed by atoms with Gasteiger partial charge in [-0.25, -0.2) is 4.98 Å². The molecule has 0 atom stereocenters. The van der Waals surface area contributed by atoms with E-state index in [1.54, 1.807) is 5.51 Å². The summed E-state index contributed by atoms with van der Waals surface area (Å²) in [7, 11) is 0. The van der Waals surface area contributed by atoms with Gasteiger partial charge in [-0.3, -0.25) is 10.1 Å². The SMILES string of the molecule is O=[N+]([O-])c1cc(-c2ccc(C(F)(F)F)cc2)c2ncsc2c1. The normalized spacial score (nSPS) is 11.8. The lowest BCUT2D eigenvalue weighted by atomic mass is 10.0. The highest BCUT2D eigenvalue weighted by Crippen LogP contribution is 2.36. The number of halogens is 3. The van der Waals surface area contributed by atoms with Crippen LogP contribution in [0.3, 0.4) is 0 Å². The minimum Gasteiger partial charge on any atom is -0.258 e. The van der Waals surface area contributed by atoms with Crippen LogP contribution < -0.4 is 0 Å². The van der Waals surface area contributed by atoms with Gasteiger partial charge in [0.1, 0.15) is 0 Å². The summed E-state index contributed by atoms with van der Waals surface area (Å²) in [5, 5.41) is 11.0. The lowest BCUT2D eigenvalue weighted by molar-refractivity contribution is -0.384. The Balaban J connectivity index is 2.17. The number of nitrogens with zero attached hydrogens (tertiary/aromatic N) is 2. The van der Waals surface area contributed by atoms with E-state index in [9.17, 15) is 23.3 Å². The van der Waals surface area contributed by atoms with E-state index < -0.39 is 16.7 Å². The fraction of sp³-hybridized carbons (Fsp3) is 0.0714. The van der Waals surface area contributed by atoms with Crippen LogP contribution in [0.4, 0.5) is 18.9 Å². The van der Waals surface area contributed by atoms with Crippen LogP contribution in [0.1, 0.15) is 5.56 Å². The fourth-order valence-corrected chi connectivity index (χ4v) is 2.85. The molecular weight excluding hydrogens is 317 g/mol. The number of fused-ring (bicyclic) bond motifs is 1. The van der Waals surface area contributed by atoms with Crippen molar-refractivity contribution >= 4 is 27.2 Å². The number of nitro benzene ring substituents is 1. The average Bonchev–Trinajstić information content (AvgIpc) is 2.93. The second-order valence-corrected chi connectivity index (χ2v) is 5.41. The number of hydrogen-bond donors (Lipinski definition) is 0. The highest BCUT2D eigenvalue weighted by molar-refractivity contribution is 7.16. The predicted octanol–water partition coefficient (Wildman–Crippen LogP) is 4.89. The molecule has 3 rings (SSSR count). The summed E-state index contributed by atoms with van der Waals surface area (Å²) >= 11 is 1.24. The number of rotatable bonds is 2. The zero-order chi connectivity index (χ0) is 15.9. The van der Waals surface area contributed by atoms with Crippen LogP contribution in [0.2, 0.25) is 0 Å². The number of benzene rings is 2. The van der Waals surface area contributed by atoms with Gasteiger partial charge in [-0.15, -0.1) is 11.3 Å². The minimum absolute atomic E-state index is 0.119. The van der Waals surface area contributed by atoms with Crippen molar-refractivity contribution < 1.29 is 18.1 Å². The van der Waals surface area contributed by atoms with Gasteiger partial charge in [-0.1, -0.05) is 12.1 Å². The second kappa shape index (κ2) is 5.06. The van der Waals surface area contributed by atoms with E-state index in [2.05, 4.69) is 4.98 Å². The van der Waals surface area contributed by atoms with E-state index in [-0.39, 0.29) is 5.69 Å². The molecule has 2 aromatic carbocycles. The third-order valence-electron chi connectivity index (χ3n) is 3.16. The van der Waals surface area contributed by atoms with Gasteiger partial charge in [0, 0.05) is 17.7 Å². The highest BCUT2D eigenvalue weighted by atomic mass is 32.1. The lowest BCUT2D eigenvalue weighted by Crippen LogP contribution is -2.04. The third-order valence-corrected chi connectivity index (χ3v) is 3.93. The molecule has 0 aliphatic carbocycles. The van der Waals surface area contributed by atoms with Crippen LogP contribution >= 0.6 is 11.3 Å². The second-order valence-electron chi connectivity index (χ2n) is 4.52. The Bertz CT molecular complexity index is 857. The summed E-state index contributed by atoms with van der Waals surface area (Å²) < 4.78 is 38.4. The first-order valence-electron chi connectivity index (χ1n) is 6.05. The molecular formula is C14H7F3N2O2S. The van der Waals surface area contributed by atoms with Gasteiger partial charge in [0.15, 0.2) is 0 Å². The Morgan fingerprint density at radius 1 is 1.14 bits per heavy atom. The number of non-ortho nitro benzene ring substituents is 1. The van der Waals surface area contributed by atoms with Gasteiger partial charge < -0.3 is 0 Å². The largest absolute Gasteiger partial charge is 0.416 e. The van der Waals surface area contributed by atoms with E-state index in [0.717, 1.165) is 12.1 Å². The fourth-order valence-electron chi connectivity index (χ4n) is 2.12. The lowest BCUT2D eigenvalue weighted by Gasteiger charge is -2.08. The molecule has 112 valence electrons. The van der Waals surface area contributed by atoms with Crippen molar-refractivity contribution in [1.29, 1.82) is 0 Å². The van der Waals surface area contributed by atoms with Gasteiger partial charge in [-0.05, 0) is 17.7 Å². The zero-order valence-electron chi connectivity index (χ0n) is 10.8. The Hall–Kier alpha value is -2.48. The molecule has 0 unspecified atom stereocenters. The summed E-state index contributed by atoms with van der Waals surface area (Å²) in [6, 6.07) is 7.21. The highest BCUT2D eigenvalue weighted by Gasteiger charge is 2.30. The molecule has 0 spiro atoms. The molecule has 0 saturated heterocycles. The van der Waals surface area contributed by atoms with Crippen molar-refractivity contribution in [2.75, 3.05) is 0 Å². The third kappa shape index (κ3) is 2.52. The molecule has 1 aromatic heterocycles. The number of aromatic nitrogens is 1. The molecule has 1 heterocycles. The Labute approximate surface area is 126 Å². The van der Waals surface area contributed by atoms with Gasteiger partial charge in [0.05, 0.1) is 26.2 Å². The quantitative estimate of drug-likeness (QED) is 0.498. The Kier molecular flexibility index (Phi) is 3.32. The van der Waals surface area contributed by atoms with Crippen molar-refractivity contribution in [3.05, 3.63) is 57.6 Å². The summed E-state index contributed by atoms with van der Waals surface area (Å²) in [5.74, 6) is 0. The van der Waals surface area contributed by atoms with Crippen LogP contribution in [0.15, 0.2) is 41.9 Å². The molecule has 8 heteroatoms. The first-order valence-corrected chi connectivity index (χ1v) is 6.93. The summed E-state index contributed by atoms with van der Waals surface area (Å²) in [6.45, 7) is 0. The first kappa shape index (κ1) is 14.5. The van der Waals surface area contributed by atoms with Gasteiger partial charge in [0.2, 0.25) is 0 Å². The van der Waals surface area contributed by atoms with Crippen LogP contribution in [0, 0.1) is 10.1 Å². The molecule has 0 fully saturated rings. The Morgan fingerprint density at radius 2 is 1.82 bits per heavy atom. The zero-order valence-corrected chi connectivity index (χ0v) is 11.6. The molecule has 0 bridgehead atoms. The first-order chi connectivity index (χ1) is 10.4. The van der Waals surface area contributed by atoms with E-state index in [4.69, 9.17) is 0 Å². The maximum atomic E-state index is 12.6. The molecule has 4 nitrogen and oxygen atoms in total.